The van der Waals surface area contributed by atoms with E-state index >= 15 is 0 Å². The Labute approximate surface area is 206 Å². The van der Waals surface area contributed by atoms with Gasteiger partial charge in [-0.25, -0.2) is 14.8 Å². The summed E-state index contributed by atoms with van der Waals surface area (Å²) in [6.07, 6.45) is 6.60. The molecule has 0 bridgehead atoms. The smallest absolute Gasteiger partial charge is 0.328 e. The first kappa shape index (κ1) is 24.6. The Hall–Kier alpha value is -3.53. The number of fused-ring (bicyclic) bond motifs is 1. The van der Waals surface area contributed by atoms with Gasteiger partial charge in [0.25, 0.3) is 5.56 Å². The van der Waals surface area contributed by atoms with E-state index in [0.29, 0.717) is 43.3 Å². The van der Waals surface area contributed by atoms with Crippen molar-refractivity contribution in [2.45, 2.75) is 45.4 Å². The minimum atomic E-state index is -1.15. The van der Waals surface area contributed by atoms with Crippen LogP contribution in [0.25, 0.3) is 11.7 Å². The molecule has 4 rings (SSSR count). The van der Waals surface area contributed by atoms with Gasteiger partial charge in [-0.1, -0.05) is 13.8 Å². The number of aromatic nitrogens is 3. The third kappa shape index (κ3) is 5.59. The van der Waals surface area contributed by atoms with Crippen LogP contribution in [0.3, 0.4) is 0 Å². The number of carboxylic acid groups (broad SMARTS) is 1. The quantitative estimate of drug-likeness (QED) is 0.460. The van der Waals surface area contributed by atoms with Gasteiger partial charge in [-0.2, -0.15) is 0 Å². The van der Waals surface area contributed by atoms with Crippen LogP contribution in [0.4, 0.5) is 5.82 Å². The van der Waals surface area contributed by atoms with Gasteiger partial charge < -0.3 is 15.7 Å². The van der Waals surface area contributed by atoms with E-state index in [1.54, 1.807) is 17.5 Å². The number of aryl methyl sites for hydroxylation is 2. The predicted octanol–water partition coefficient (Wildman–Crippen LogP) is 2.86. The lowest BCUT2D eigenvalue weighted by Crippen LogP contribution is -2.40. The molecule has 0 aromatic carbocycles. The summed E-state index contributed by atoms with van der Waals surface area (Å²) in [5.74, 6) is -0.861. The third-order valence-electron chi connectivity index (χ3n) is 6.29. The van der Waals surface area contributed by atoms with Crippen molar-refractivity contribution in [1.82, 2.24) is 14.4 Å². The molecule has 1 amide bonds. The summed E-state index contributed by atoms with van der Waals surface area (Å²) in [6.45, 7) is 5.26. The average Bonchev–Trinajstić information content (AvgIpc) is 3.31. The highest BCUT2D eigenvalue weighted by Gasteiger charge is 2.26. The minimum absolute atomic E-state index is 0.208. The van der Waals surface area contributed by atoms with E-state index in [-0.39, 0.29) is 22.9 Å². The monoisotopic (exact) mass is 495 g/mol. The van der Waals surface area contributed by atoms with Crippen LogP contribution in [-0.4, -0.2) is 44.4 Å². The van der Waals surface area contributed by atoms with Gasteiger partial charge in [-0.05, 0) is 49.0 Å². The summed E-state index contributed by atoms with van der Waals surface area (Å²) in [4.78, 5) is 47.4. The molecule has 1 saturated heterocycles. The molecule has 0 unspecified atom stereocenters. The molecule has 0 saturated carbocycles. The maximum absolute atomic E-state index is 13.3. The number of hydrogen-bond acceptors (Lipinski definition) is 7. The molecule has 1 aliphatic heterocycles. The van der Waals surface area contributed by atoms with Crippen molar-refractivity contribution in [3.05, 3.63) is 62.0 Å². The van der Waals surface area contributed by atoms with Crippen LogP contribution in [-0.2, 0) is 22.4 Å². The number of hydrogen-bond donors (Lipinski definition) is 2. The zero-order chi connectivity index (χ0) is 25.1. The number of nitrogens with zero attached hydrogens (tertiary/aromatic N) is 4. The van der Waals surface area contributed by atoms with E-state index in [0.717, 1.165) is 35.2 Å². The minimum Gasteiger partial charge on any atom is -0.478 e. The van der Waals surface area contributed by atoms with Crippen LogP contribution in [0.1, 0.15) is 54.4 Å². The molecule has 35 heavy (non-hydrogen) atoms. The van der Waals surface area contributed by atoms with Crippen molar-refractivity contribution >= 4 is 40.8 Å². The summed E-state index contributed by atoms with van der Waals surface area (Å²) < 4.78 is 1.44. The highest BCUT2D eigenvalue weighted by atomic mass is 32.1. The number of amides is 1. The lowest BCUT2D eigenvalue weighted by Gasteiger charge is -2.32. The van der Waals surface area contributed by atoms with E-state index in [2.05, 4.69) is 19.2 Å². The van der Waals surface area contributed by atoms with Crippen molar-refractivity contribution in [2.75, 3.05) is 18.0 Å². The number of aliphatic carboxylic acids is 1. The van der Waals surface area contributed by atoms with Crippen LogP contribution >= 0.6 is 11.3 Å². The number of piperidine rings is 1. The van der Waals surface area contributed by atoms with Crippen LogP contribution in [0.15, 0.2) is 34.6 Å². The lowest BCUT2D eigenvalue weighted by molar-refractivity contribution is -0.131. The molecule has 0 radical (unpaired) electrons. The summed E-state index contributed by atoms with van der Waals surface area (Å²) in [7, 11) is 0. The first-order valence-corrected chi connectivity index (χ1v) is 12.6. The number of rotatable bonds is 8. The highest BCUT2D eigenvalue weighted by Crippen LogP contribution is 2.25. The van der Waals surface area contributed by atoms with E-state index in [1.165, 1.54) is 10.5 Å². The molecule has 9 nitrogen and oxygen atoms in total. The number of primary amides is 1. The van der Waals surface area contributed by atoms with Crippen LogP contribution in [0.2, 0.25) is 0 Å². The topological polar surface area (TPSA) is 131 Å². The van der Waals surface area contributed by atoms with Gasteiger partial charge in [0.2, 0.25) is 5.91 Å². The largest absolute Gasteiger partial charge is 0.478 e. The Morgan fingerprint density at radius 2 is 2.00 bits per heavy atom. The van der Waals surface area contributed by atoms with Crippen LogP contribution in [0.5, 0.6) is 0 Å². The zero-order valence-electron chi connectivity index (χ0n) is 19.8. The number of pyridine rings is 1. The van der Waals surface area contributed by atoms with Crippen molar-refractivity contribution < 1.29 is 14.7 Å². The van der Waals surface area contributed by atoms with Crippen molar-refractivity contribution in [2.24, 2.45) is 11.7 Å². The Balaban J connectivity index is 1.66. The molecule has 3 N–H and O–H groups in total. The summed E-state index contributed by atoms with van der Waals surface area (Å²) in [5.41, 5.74) is 7.95. The molecule has 10 heteroatoms. The van der Waals surface area contributed by atoms with E-state index in [1.807, 2.05) is 17.0 Å². The molecular formula is C25H29N5O4S. The first-order chi connectivity index (χ1) is 16.7. The predicted molar refractivity (Wildman–Crippen MR) is 136 cm³/mol. The molecule has 1 aliphatic rings. The number of carboxylic acids is 1. The summed E-state index contributed by atoms with van der Waals surface area (Å²) in [6, 6.07) is 3.78. The fourth-order valence-electron chi connectivity index (χ4n) is 4.21. The number of nitrogens with two attached hydrogens (primary N) is 1. The molecule has 0 spiro atoms. The SMILES string of the molecule is CC(C)c1csc(CCc2ccn3c(=O)c(C=CC(=O)O)c(N4CCC(C(N)=O)CC4)nc3c2)n1. The van der Waals surface area contributed by atoms with E-state index in [9.17, 15) is 14.4 Å². The summed E-state index contributed by atoms with van der Waals surface area (Å²) >= 11 is 1.66. The molecule has 4 heterocycles. The molecule has 0 aliphatic carbocycles. The third-order valence-corrected chi connectivity index (χ3v) is 7.21. The fraction of sp³-hybridized carbons (Fsp3) is 0.400. The normalized spacial score (nSPS) is 14.9. The fourth-order valence-corrected chi connectivity index (χ4v) is 5.17. The van der Waals surface area contributed by atoms with Gasteiger partial charge in [0, 0.05) is 43.1 Å². The number of thiazole rings is 1. The van der Waals surface area contributed by atoms with Crippen LogP contribution < -0.4 is 16.2 Å². The number of anilines is 1. The van der Waals surface area contributed by atoms with Gasteiger partial charge in [0.1, 0.15) is 11.5 Å². The Morgan fingerprint density at radius 3 is 2.63 bits per heavy atom. The Kier molecular flexibility index (Phi) is 7.30. The standard InChI is InChI=1S/C25H29N5O4S/c1-15(2)19-14-35-21(27-19)5-3-16-7-12-30-20(13-16)28-24(18(25(30)34)4-6-22(31)32)29-10-8-17(9-11-29)23(26)33/h4,6-7,12-15,17H,3,5,8-11H2,1-2H3,(H2,26,33)(H,31,32). The summed E-state index contributed by atoms with van der Waals surface area (Å²) in [5, 5.41) is 12.3. The van der Waals surface area contributed by atoms with Crippen LogP contribution in [0, 0.1) is 5.92 Å². The van der Waals surface area contributed by atoms with Crippen molar-refractivity contribution in [3.63, 3.8) is 0 Å². The van der Waals surface area contributed by atoms with Gasteiger partial charge in [-0.3, -0.25) is 14.0 Å². The van der Waals surface area contributed by atoms with Crippen molar-refractivity contribution in [3.8, 4) is 0 Å². The average molecular weight is 496 g/mol. The molecule has 184 valence electrons. The zero-order valence-corrected chi connectivity index (χ0v) is 20.6. The number of carbonyl (C=O) groups is 2. The Bertz CT molecular complexity index is 1340. The molecule has 0 atom stereocenters. The molecular weight excluding hydrogens is 466 g/mol. The second-order valence-electron chi connectivity index (χ2n) is 9.07. The Morgan fingerprint density at radius 1 is 1.26 bits per heavy atom. The lowest BCUT2D eigenvalue weighted by atomic mass is 9.96. The van der Waals surface area contributed by atoms with E-state index < -0.39 is 5.97 Å². The first-order valence-electron chi connectivity index (χ1n) is 11.7. The van der Waals surface area contributed by atoms with Gasteiger partial charge in [-0.15, -0.1) is 11.3 Å². The number of carbonyl (C=O) groups excluding carboxylic acids is 1. The van der Waals surface area contributed by atoms with Gasteiger partial charge >= 0.3 is 5.97 Å². The van der Waals surface area contributed by atoms with E-state index in [4.69, 9.17) is 20.8 Å². The highest BCUT2D eigenvalue weighted by molar-refractivity contribution is 7.09. The second kappa shape index (κ2) is 10.4. The maximum atomic E-state index is 13.3. The molecule has 3 aromatic rings. The maximum Gasteiger partial charge on any atom is 0.328 e. The van der Waals surface area contributed by atoms with Gasteiger partial charge in [0.05, 0.1) is 16.3 Å². The molecule has 1 fully saturated rings. The second-order valence-corrected chi connectivity index (χ2v) is 10.0. The van der Waals surface area contributed by atoms with Gasteiger partial charge in [0.15, 0.2) is 0 Å². The molecule has 3 aromatic heterocycles. The van der Waals surface area contributed by atoms with Crippen molar-refractivity contribution in [1.29, 1.82) is 0 Å².